The first-order valence-corrected chi connectivity index (χ1v) is 7.82. The average Bonchev–Trinajstić information content (AvgIpc) is 2.90. The molecule has 3 aliphatic rings. The van der Waals surface area contributed by atoms with Gasteiger partial charge in [0.25, 0.3) is 0 Å². The maximum absolute atomic E-state index is 4.71. The van der Waals surface area contributed by atoms with Crippen LogP contribution in [0.5, 0.6) is 0 Å². The summed E-state index contributed by atoms with van der Waals surface area (Å²) in [6.07, 6.45) is 9.46. The van der Waals surface area contributed by atoms with Crippen LogP contribution in [-0.4, -0.2) is 35.7 Å². The number of rotatable bonds is 1. The summed E-state index contributed by atoms with van der Waals surface area (Å²) in [5, 5.41) is 3.31. The van der Waals surface area contributed by atoms with Gasteiger partial charge in [-0.25, -0.2) is 0 Å². The third-order valence-electron chi connectivity index (χ3n) is 4.66. The van der Waals surface area contributed by atoms with Crippen LogP contribution in [0.2, 0.25) is 0 Å². The molecule has 112 valence electrons. The molecule has 0 fully saturated rings. The Morgan fingerprint density at radius 3 is 3.09 bits per heavy atom. The highest BCUT2D eigenvalue weighted by Crippen LogP contribution is 2.32. The van der Waals surface area contributed by atoms with Gasteiger partial charge >= 0.3 is 0 Å². The van der Waals surface area contributed by atoms with Crippen LogP contribution in [0.1, 0.15) is 23.1 Å². The van der Waals surface area contributed by atoms with Crippen LogP contribution in [0.3, 0.4) is 0 Å². The molecule has 0 saturated heterocycles. The molecule has 2 unspecified atom stereocenters. The van der Waals surface area contributed by atoms with E-state index in [1.165, 1.54) is 22.4 Å². The minimum Gasteiger partial charge on any atom is -0.368 e. The Balaban J connectivity index is 1.86. The molecule has 0 saturated carbocycles. The van der Waals surface area contributed by atoms with Crippen molar-refractivity contribution in [1.29, 1.82) is 0 Å². The van der Waals surface area contributed by atoms with Crippen LogP contribution in [0.25, 0.3) is 5.70 Å². The fraction of sp³-hybridized carbons (Fsp3) is 0.333. The second kappa shape index (κ2) is 5.13. The fourth-order valence-electron chi connectivity index (χ4n) is 3.32. The maximum atomic E-state index is 4.71. The number of nitrogens with one attached hydrogen (secondary N) is 1. The molecule has 4 nitrogen and oxygen atoms in total. The van der Waals surface area contributed by atoms with Crippen LogP contribution in [0.4, 0.5) is 0 Å². The van der Waals surface area contributed by atoms with Gasteiger partial charge in [-0.05, 0) is 43.7 Å². The summed E-state index contributed by atoms with van der Waals surface area (Å²) in [5.74, 6) is 0.972. The van der Waals surface area contributed by atoms with Gasteiger partial charge in [0.15, 0.2) is 0 Å². The molecule has 1 aromatic rings. The number of amidine groups is 1. The summed E-state index contributed by atoms with van der Waals surface area (Å²) < 4.78 is 0. The monoisotopic (exact) mass is 292 g/mol. The van der Waals surface area contributed by atoms with E-state index in [2.05, 4.69) is 59.4 Å². The highest BCUT2D eigenvalue weighted by atomic mass is 15.3. The zero-order valence-corrected chi connectivity index (χ0v) is 13.0. The van der Waals surface area contributed by atoms with E-state index in [0.29, 0.717) is 0 Å². The van der Waals surface area contributed by atoms with E-state index in [1.54, 1.807) is 0 Å². The molecule has 0 spiro atoms. The first kappa shape index (κ1) is 13.3. The number of hydrogen-bond donors (Lipinski definition) is 1. The van der Waals surface area contributed by atoms with Crippen molar-refractivity contribution in [1.82, 2.24) is 10.2 Å². The molecule has 0 aromatic heterocycles. The maximum Gasteiger partial charge on any atom is 0.147 e. The lowest BCUT2D eigenvalue weighted by molar-refractivity contribution is 0.408. The number of nitrogens with zero attached hydrogens (tertiary/aromatic N) is 3. The van der Waals surface area contributed by atoms with Gasteiger partial charge in [-0.15, -0.1) is 0 Å². The number of fused-ring (bicyclic) bond motifs is 3. The van der Waals surface area contributed by atoms with Gasteiger partial charge in [-0.3, -0.25) is 9.98 Å². The molecule has 0 aliphatic carbocycles. The Morgan fingerprint density at radius 1 is 1.27 bits per heavy atom. The summed E-state index contributed by atoms with van der Waals surface area (Å²) >= 11 is 0. The molecule has 4 rings (SSSR count). The summed E-state index contributed by atoms with van der Waals surface area (Å²) in [5.41, 5.74) is 5.21. The van der Waals surface area contributed by atoms with E-state index in [9.17, 15) is 0 Å². The average molecular weight is 292 g/mol. The minimum atomic E-state index is 0.0885. The van der Waals surface area contributed by atoms with Gasteiger partial charge in [0, 0.05) is 17.8 Å². The van der Waals surface area contributed by atoms with Crippen molar-refractivity contribution in [2.75, 3.05) is 6.54 Å². The first-order valence-electron chi connectivity index (χ1n) is 7.82. The van der Waals surface area contributed by atoms with Crippen molar-refractivity contribution < 1.29 is 0 Å². The Kier molecular flexibility index (Phi) is 3.10. The summed E-state index contributed by atoms with van der Waals surface area (Å²) in [6, 6.07) is 6.72. The third-order valence-corrected chi connectivity index (χ3v) is 4.66. The predicted octanol–water partition coefficient (Wildman–Crippen LogP) is 2.64. The van der Waals surface area contributed by atoms with Crippen LogP contribution in [-0.2, 0) is 0 Å². The topological polar surface area (TPSA) is 40.0 Å². The molecule has 4 heteroatoms. The van der Waals surface area contributed by atoms with E-state index in [4.69, 9.17) is 4.99 Å². The van der Waals surface area contributed by atoms with Gasteiger partial charge in [0.1, 0.15) is 12.0 Å². The van der Waals surface area contributed by atoms with Gasteiger partial charge < -0.3 is 10.2 Å². The molecule has 1 aromatic carbocycles. The lowest BCUT2D eigenvalue weighted by Crippen LogP contribution is -2.49. The quantitative estimate of drug-likeness (QED) is 0.864. The predicted molar refractivity (Wildman–Crippen MR) is 91.0 cm³/mol. The van der Waals surface area contributed by atoms with E-state index >= 15 is 0 Å². The standard InChI is InChI=1S/C18H20N4/c1-12-5-3-6-14(13(12)2)15-7-4-9-19-17-11-21-18-16(22(15)17)8-10-20-18/h3,5-8,10-11,16,18,20H,4,9H2,1-2H3. The van der Waals surface area contributed by atoms with Crippen molar-refractivity contribution in [2.45, 2.75) is 32.5 Å². The summed E-state index contributed by atoms with van der Waals surface area (Å²) in [4.78, 5) is 11.6. The summed E-state index contributed by atoms with van der Waals surface area (Å²) in [7, 11) is 0. The van der Waals surface area contributed by atoms with Crippen LogP contribution in [0.15, 0.2) is 46.5 Å². The minimum absolute atomic E-state index is 0.0885. The molecule has 22 heavy (non-hydrogen) atoms. The second-order valence-electron chi connectivity index (χ2n) is 5.97. The molecule has 2 atom stereocenters. The Bertz CT molecular complexity index is 727. The summed E-state index contributed by atoms with van der Waals surface area (Å²) in [6.45, 7) is 5.19. The lowest BCUT2D eigenvalue weighted by atomic mass is 9.98. The normalized spacial score (nSPS) is 25.8. The van der Waals surface area contributed by atoms with Crippen molar-refractivity contribution in [3.63, 3.8) is 0 Å². The Labute approximate surface area is 131 Å². The molecular formula is C18H20N4. The van der Waals surface area contributed by atoms with Crippen molar-refractivity contribution >= 4 is 17.7 Å². The molecule has 1 N–H and O–H groups in total. The zero-order chi connectivity index (χ0) is 15.1. The van der Waals surface area contributed by atoms with Crippen molar-refractivity contribution in [2.24, 2.45) is 9.98 Å². The highest BCUT2D eigenvalue weighted by Gasteiger charge is 2.36. The van der Waals surface area contributed by atoms with Gasteiger partial charge in [-0.1, -0.05) is 24.3 Å². The van der Waals surface area contributed by atoms with E-state index in [0.717, 1.165) is 18.8 Å². The molecule has 3 heterocycles. The highest BCUT2D eigenvalue weighted by molar-refractivity contribution is 6.32. The van der Waals surface area contributed by atoms with Gasteiger partial charge in [0.2, 0.25) is 0 Å². The zero-order valence-electron chi connectivity index (χ0n) is 13.0. The molecule has 0 amide bonds. The van der Waals surface area contributed by atoms with E-state index < -0.39 is 0 Å². The van der Waals surface area contributed by atoms with E-state index in [-0.39, 0.29) is 12.2 Å². The van der Waals surface area contributed by atoms with Crippen LogP contribution in [0, 0.1) is 13.8 Å². The number of aliphatic imine (C=N–C) groups is 2. The smallest absolute Gasteiger partial charge is 0.147 e. The van der Waals surface area contributed by atoms with Crippen LogP contribution >= 0.6 is 0 Å². The second-order valence-corrected chi connectivity index (χ2v) is 5.97. The Morgan fingerprint density at radius 2 is 2.18 bits per heavy atom. The third kappa shape index (κ3) is 1.98. The molecule has 0 radical (unpaired) electrons. The van der Waals surface area contributed by atoms with E-state index in [1.807, 2.05) is 12.4 Å². The number of hydrogen-bond acceptors (Lipinski definition) is 4. The molecule has 3 aliphatic heterocycles. The van der Waals surface area contributed by atoms with Crippen LogP contribution < -0.4 is 5.32 Å². The fourth-order valence-corrected chi connectivity index (χ4v) is 3.32. The first-order chi connectivity index (χ1) is 10.8. The van der Waals surface area contributed by atoms with Crippen molar-refractivity contribution in [3.05, 3.63) is 53.2 Å². The molecule has 0 bridgehead atoms. The van der Waals surface area contributed by atoms with Gasteiger partial charge in [0.05, 0.1) is 12.3 Å². The van der Waals surface area contributed by atoms with Gasteiger partial charge in [-0.2, -0.15) is 0 Å². The Hall–Kier alpha value is -2.36. The molecular weight excluding hydrogens is 272 g/mol. The largest absolute Gasteiger partial charge is 0.368 e. The van der Waals surface area contributed by atoms with Crippen molar-refractivity contribution in [3.8, 4) is 0 Å². The number of aryl methyl sites for hydroxylation is 1. The lowest BCUT2D eigenvalue weighted by Gasteiger charge is -2.37. The SMILES string of the molecule is Cc1cccc(C2=CCCN=C3C=NC4NC=CC4N23)c1C. The number of benzene rings is 1.